The molecule has 0 N–H and O–H groups in total. The second-order valence-corrected chi connectivity index (χ2v) is 4.69. The van der Waals surface area contributed by atoms with Crippen LogP contribution in [0.15, 0.2) is 18.2 Å². The number of aryl methyl sites for hydroxylation is 1. The number of nitriles is 1. The van der Waals surface area contributed by atoms with E-state index >= 15 is 0 Å². The molecule has 1 aliphatic rings. The lowest BCUT2D eigenvalue weighted by atomic mass is 9.69. The second kappa shape index (κ2) is 4.29. The Bertz CT molecular complexity index is 491. The van der Waals surface area contributed by atoms with E-state index in [-0.39, 0.29) is 11.6 Å². The van der Waals surface area contributed by atoms with Crippen LogP contribution >= 0.6 is 0 Å². The number of hydrogen-bond donors (Lipinski definition) is 0. The van der Waals surface area contributed by atoms with Crippen LogP contribution in [0.3, 0.4) is 0 Å². The van der Waals surface area contributed by atoms with Crippen LogP contribution in [0, 0.1) is 24.1 Å². The summed E-state index contributed by atoms with van der Waals surface area (Å²) in [5, 5.41) is 9.42. The van der Waals surface area contributed by atoms with E-state index in [1.165, 1.54) is 12.1 Å². The van der Waals surface area contributed by atoms with Crippen LogP contribution in [0.1, 0.15) is 36.8 Å². The first kappa shape index (κ1) is 11.8. The molecule has 0 aliphatic heterocycles. The van der Waals surface area contributed by atoms with Crippen LogP contribution in [0.25, 0.3) is 0 Å². The Labute approximate surface area is 100 Å². The molecule has 2 nitrogen and oxygen atoms in total. The predicted octanol–water partition coefficient (Wildman–Crippen LogP) is 3.04. The monoisotopic (exact) mass is 231 g/mol. The Morgan fingerprint density at radius 3 is 2.53 bits per heavy atom. The molecule has 17 heavy (non-hydrogen) atoms. The number of hydrogen-bond acceptors (Lipinski definition) is 2. The summed E-state index contributed by atoms with van der Waals surface area (Å²) in [6.07, 6.45) is 2.00. The minimum atomic E-state index is -0.605. The first-order valence-electron chi connectivity index (χ1n) is 5.77. The number of carbonyl (C=O) groups is 1. The molecule has 1 aromatic rings. The summed E-state index contributed by atoms with van der Waals surface area (Å²) < 4.78 is 13.1. The molecule has 1 aliphatic carbocycles. The van der Waals surface area contributed by atoms with Gasteiger partial charge in [0.05, 0.1) is 11.5 Å². The number of Topliss-reactive ketones (excluding diaryl/α,β-unsaturated/α-hetero) is 1. The van der Waals surface area contributed by atoms with Gasteiger partial charge in [-0.2, -0.15) is 5.26 Å². The van der Waals surface area contributed by atoms with Gasteiger partial charge in [0.1, 0.15) is 11.6 Å². The number of halogens is 1. The van der Waals surface area contributed by atoms with Gasteiger partial charge in [-0.25, -0.2) is 4.39 Å². The van der Waals surface area contributed by atoms with E-state index in [0.29, 0.717) is 25.7 Å². The van der Waals surface area contributed by atoms with Crippen molar-refractivity contribution in [2.75, 3.05) is 0 Å². The molecule has 1 aromatic carbocycles. The summed E-state index contributed by atoms with van der Waals surface area (Å²) in [6, 6.07) is 6.86. The molecule has 0 spiro atoms. The fourth-order valence-corrected chi connectivity index (χ4v) is 2.56. The number of carbonyl (C=O) groups excluding carboxylic acids is 1. The van der Waals surface area contributed by atoms with Crippen molar-refractivity contribution in [3.8, 4) is 6.07 Å². The number of benzene rings is 1. The van der Waals surface area contributed by atoms with Gasteiger partial charge in [0.2, 0.25) is 0 Å². The van der Waals surface area contributed by atoms with Gasteiger partial charge in [0.25, 0.3) is 0 Å². The average Bonchev–Trinajstić information content (AvgIpc) is 2.31. The molecule has 0 aromatic heterocycles. The van der Waals surface area contributed by atoms with Crippen LogP contribution in [-0.4, -0.2) is 5.78 Å². The van der Waals surface area contributed by atoms with Crippen LogP contribution in [-0.2, 0) is 10.2 Å². The molecule has 0 atom stereocenters. The molecule has 0 amide bonds. The zero-order valence-corrected chi connectivity index (χ0v) is 9.79. The topological polar surface area (TPSA) is 40.9 Å². The Hall–Kier alpha value is -1.69. The summed E-state index contributed by atoms with van der Waals surface area (Å²) in [6.45, 7) is 1.81. The Morgan fingerprint density at radius 2 is 2.00 bits per heavy atom. The number of ketones is 1. The predicted molar refractivity (Wildman–Crippen MR) is 61.9 cm³/mol. The average molecular weight is 231 g/mol. The van der Waals surface area contributed by atoms with Gasteiger partial charge in [-0.05, 0) is 43.0 Å². The van der Waals surface area contributed by atoms with Crippen molar-refractivity contribution in [2.45, 2.75) is 38.0 Å². The zero-order valence-electron chi connectivity index (χ0n) is 9.79. The molecular formula is C14H14FNO. The first-order chi connectivity index (χ1) is 8.07. The highest BCUT2D eigenvalue weighted by Gasteiger charge is 2.37. The first-order valence-corrected chi connectivity index (χ1v) is 5.77. The lowest BCUT2D eigenvalue weighted by Crippen LogP contribution is -2.31. The SMILES string of the molecule is Cc1cc(F)ccc1C1(C#N)CCC(=O)CC1. The summed E-state index contributed by atoms with van der Waals surface area (Å²) in [4.78, 5) is 11.3. The minimum Gasteiger partial charge on any atom is -0.300 e. The van der Waals surface area contributed by atoms with E-state index in [9.17, 15) is 14.4 Å². The molecule has 3 heteroatoms. The Morgan fingerprint density at radius 1 is 1.35 bits per heavy atom. The Balaban J connectivity index is 2.42. The highest BCUT2D eigenvalue weighted by molar-refractivity contribution is 5.80. The maximum absolute atomic E-state index is 13.1. The second-order valence-electron chi connectivity index (χ2n) is 4.69. The molecule has 0 radical (unpaired) electrons. The molecule has 2 rings (SSSR count). The van der Waals surface area contributed by atoms with Gasteiger partial charge in [-0.1, -0.05) is 6.07 Å². The zero-order chi connectivity index (χ0) is 12.5. The summed E-state index contributed by atoms with van der Waals surface area (Å²) >= 11 is 0. The van der Waals surface area contributed by atoms with Crippen LogP contribution in [0.2, 0.25) is 0 Å². The van der Waals surface area contributed by atoms with Gasteiger partial charge in [-0.3, -0.25) is 4.79 Å². The molecule has 1 fully saturated rings. The van der Waals surface area contributed by atoms with E-state index in [1.807, 2.05) is 6.92 Å². The number of rotatable bonds is 1. The van der Waals surface area contributed by atoms with Crippen molar-refractivity contribution < 1.29 is 9.18 Å². The quantitative estimate of drug-likeness (QED) is 0.745. The van der Waals surface area contributed by atoms with E-state index in [1.54, 1.807) is 6.07 Å². The molecule has 88 valence electrons. The normalized spacial score (nSPS) is 18.8. The van der Waals surface area contributed by atoms with Crippen molar-refractivity contribution in [2.24, 2.45) is 0 Å². The minimum absolute atomic E-state index is 0.218. The third-order valence-corrected chi connectivity index (χ3v) is 3.58. The van der Waals surface area contributed by atoms with Gasteiger partial charge >= 0.3 is 0 Å². The summed E-state index contributed by atoms with van der Waals surface area (Å²) in [7, 11) is 0. The molecule has 0 heterocycles. The van der Waals surface area contributed by atoms with Gasteiger partial charge in [0.15, 0.2) is 0 Å². The molecule has 1 saturated carbocycles. The maximum Gasteiger partial charge on any atom is 0.133 e. The standard InChI is InChI=1S/C14H14FNO/c1-10-8-11(15)2-3-13(10)14(9-16)6-4-12(17)5-7-14/h2-3,8H,4-7H2,1H3. The lowest BCUT2D eigenvalue weighted by Gasteiger charge is -2.31. The largest absolute Gasteiger partial charge is 0.300 e. The van der Waals surface area contributed by atoms with Gasteiger partial charge in [-0.15, -0.1) is 0 Å². The fourth-order valence-electron chi connectivity index (χ4n) is 2.56. The van der Waals surface area contributed by atoms with Crippen LogP contribution < -0.4 is 0 Å². The van der Waals surface area contributed by atoms with Crippen LogP contribution in [0.4, 0.5) is 4.39 Å². The van der Waals surface area contributed by atoms with Crippen molar-refractivity contribution in [3.05, 3.63) is 35.1 Å². The fraction of sp³-hybridized carbons (Fsp3) is 0.429. The van der Waals surface area contributed by atoms with Gasteiger partial charge in [0, 0.05) is 12.8 Å². The van der Waals surface area contributed by atoms with Crippen molar-refractivity contribution >= 4 is 5.78 Å². The highest BCUT2D eigenvalue weighted by Crippen LogP contribution is 2.39. The maximum atomic E-state index is 13.1. The third kappa shape index (κ3) is 2.08. The summed E-state index contributed by atoms with van der Waals surface area (Å²) in [5.74, 6) is -0.0677. The highest BCUT2D eigenvalue weighted by atomic mass is 19.1. The van der Waals surface area contributed by atoms with E-state index in [0.717, 1.165) is 11.1 Å². The third-order valence-electron chi connectivity index (χ3n) is 3.58. The molecule has 0 unspecified atom stereocenters. The van der Waals surface area contributed by atoms with Crippen LogP contribution in [0.5, 0.6) is 0 Å². The molecule has 0 saturated heterocycles. The van der Waals surface area contributed by atoms with Crippen molar-refractivity contribution in [1.82, 2.24) is 0 Å². The van der Waals surface area contributed by atoms with Crippen molar-refractivity contribution in [1.29, 1.82) is 5.26 Å². The van der Waals surface area contributed by atoms with E-state index in [4.69, 9.17) is 0 Å². The lowest BCUT2D eigenvalue weighted by molar-refractivity contribution is -0.120. The van der Waals surface area contributed by atoms with E-state index in [2.05, 4.69) is 6.07 Å². The molecular weight excluding hydrogens is 217 g/mol. The van der Waals surface area contributed by atoms with E-state index < -0.39 is 5.41 Å². The summed E-state index contributed by atoms with van der Waals surface area (Å²) in [5.41, 5.74) is 1.06. The van der Waals surface area contributed by atoms with Crippen molar-refractivity contribution in [3.63, 3.8) is 0 Å². The Kier molecular flexibility index (Phi) is 2.97. The number of nitrogens with zero attached hydrogens (tertiary/aromatic N) is 1. The smallest absolute Gasteiger partial charge is 0.133 e. The van der Waals surface area contributed by atoms with Gasteiger partial charge < -0.3 is 0 Å². The molecule has 0 bridgehead atoms.